The quantitative estimate of drug-likeness (QED) is 0.134. The third-order valence-electron chi connectivity index (χ3n) is 8.52. The Bertz CT molecular complexity index is 2510. The zero-order chi connectivity index (χ0) is 34.0. The van der Waals surface area contributed by atoms with Gasteiger partial charge in [0.05, 0.1) is 22.8 Å². The zero-order valence-corrected chi connectivity index (χ0v) is 26.6. The molecule has 0 spiro atoms. The first-order chi connectivity index (χ1) is 24.5. The normalized spacial score (nSPS) is 12.0. The maximum atomic E-state index is 12.3. The van der Waals surface area contributed by atoms with Crippen LogP contribution in [0.2, 0.25) is 0 Å². The summed E-state index contributed by atoms with van der Waals surface area (Å²) in [6.45, 7) is 0. The maximum Gasteiger partial charge on any atom is 0.328 e. The molecular weight excluding hydrogens is 622 g/mol. The molecule has 0 atom stereocenters. The summed E-state index contributed by atoms with van der Waals surface area (Å²) in [5.41, 5.74) is 13.2. The van der Waals surface area contributed by atoms with Crippen LogP contribution in [-0.2, 0) is 9.59 Å². The monoisotopic (exact) mass is 651 g/mol. The van der Waals surface area contributed by atoms with Crippen LogP contribution in [-0.4, -0.2) is 36.9 Å². The Morgan fingerprint density at radius 1 is 0.560 bits per heavy atom. The second-order valence-corrected chi connectivity index (χ2v) is 11.8. The van der Waals surface area contributed by atoms with Gasteiger partial charge in [-0.2, -0.15) is 0 Å². The highest BCUT2D eigenvalue weighted by Gasteiger charge is 2.17. The van der Waals surface area contributed by atoms with Crippen molar-refractivity contribution in [3.63, 3.8) is 0 Å². The van der Waals surface area contributed by atoms with E-state index in [-0.39, 0.29) is 0 Å². The summed E-state index contributed by atoms with van der Waals surface area (Å²) < 4.78 is 0. The number of nitrogens with zero attached hydrogens (tertiary/aromatic N) is 2. The Morgan fingerprint density at radius 3 is 1.68 bits per heavy atom. The summed E-state index contributed by atoms with van der Waals surface area (Å²) in [5, 5.41) is 11.6. The summed E-state index contributed by atoms with van der Waals surface area (Å²) in [5.74, 6) is -1.72. The van der Waals surface area contributed by atoms with Gasteiger partial charge in [-0.1, -0.05) is 72.8 Å². The molecule has 8 nitrogen and oxygen atoms in total. The second-order valence-electron chi connectivity index (χ2n) is 11.8. The lowest BCUT2D eigenvalue weighted by atomic mass is 10.0. The lowest BCUT2D eigenvalue weighted by molar-refractivity contribution is -0.131. The van der Waals surface area contributed by atoms with Crippen LogP contribution in [0.1, 0.15) is 22.8 Å². The van der Waals surface area contributed by atoms with Crippen molar-refractivity contribution in [1.82, 2.24) is 19.9 Å². The maximum absolute atomic E-state index is 12.3. The smallest absolute Gasteiger partial charge is 0.328 e. The topological polar surface area (TPSA) is 124 Å². The first kappa shape index (κ1) is 30.3. The van der Waals surface area contributed by atoms with Gasteiger partial charge in [-0.3, -0.25) is 4.79 Å². The van der Waals surface area contributed by atoms with Gasteiger partial charge in [0.1, 0.15) is 0 Å². The predicted molar refractivity (Wildman–Crippen MR) is 201 cm³/mol. The number of nitrogens with one attached hydrogen (secondary N) is 3. The zero-order valence-electron chi connectivity index (χ0n) is 26.6. The number of rotatable bonds is 6. The van der Waals surface area contributed by atoms with Crippen LogP contribution in [0.25, 0.3) is 79.8 Å². The molecule has 3 aromatic carbocycles. The van der Waals surface area contributed by atoms with Crippen LogP contribution in [0.3, 0.4) is 0 Å². The lowest BCUT2D eigenvalue weighted by Gasteiger charge is -2.07. The number of aromatic amines is 2. The van der Waals surface area contributed by atoms with E-state index in [1.54, 1.807) is 12.1 Å². The molecule has 8 rings (SSSR count). The predicted octanol–water partition coefficient (Wildman–Crippen LogP) is 9.24. The van der Waals surface area contributed by atoms with E-state index in [0.29, 0.717) is 5.69 Å². The van der Waals surface area contributed by atoms with Crippen molar-refractivity contribution >= 4 is 63.9 Å². The molecule has 50 heavy (non-hydrogen) atoms. The highest BCUT2D eigenvalue weighted by Crippen LogP contribution is 2.36. The van der Waals surface area contributed by atoms with Crippen LogP contribution in [0.5, 0.6) is 0 Å². The minimum Gasteiger partial charge on any atom is -0.478 e. The molecule has 8 heteroatoms. The van der Waals surface area contributed by atoms with Gasteiger partial charge in [0.25, 0.3) is 0 Å². The fourth-order valence-electron chi connectivity index (χ4n) is 6.31. The van der Waals surface area contributed by atoms with Crippen LogP contribution >= 0.6 is 0 Å². The number of anilines is 1. The van der Waals surface area contributed by atoms with E-state index in [1.807, 2.05) is 72.8 Å². The summed E-state index contributed by atoms with van der Waals surface area (Å²) in [6, 6.07) is 38.1. The average Bonchev–Trinajstić information content (AvgIpc) is 3.97. The van der Waals surface area contributed by atoms with Gasteiger partial charge < -0.3 is 20.4 Å². The first-order valence-electron chi connectivity index (χ1n) is 16.0. The molecule has 0 radical (unpaired) electrons. The average molecular weight is 652 g/mol. The number of hydrogen-bond acceptors (Lipinski definition) is 4. The number of fused-ring (bicyclic) bond motifs is 8. The summed E-state index contributed by atoms with van der Waals surface area (Å²) in [6.07, 6.45) is 9.94. The number of aromatic nitrogens is 4. The van der Waals surface area contributed by atoms with Gasteiger partial charge >= 0.3 is 5.97 Å². The largest absolute Gasteiger partial charge is 0.478 e. The Labute approximate surface area is 286 Å². The third kappa shape index (κ3) is 6.05. The molecule has 4 N–H and O–H groups in total. The Balaban J connectivity index is 1.41. The second kappa shape index (κ2) is 12.9. The number of amides is 1. The molecule has 240 valence electrons. The molecule has 0 fully saturated rings. The van der Waals surface area contributed by atoms with Gasteiger partial charge in [0.2, 0.25) is 5.91 Å². The van der Waals surface area contributed by atoms with E-state index in [9.17, 15) is 9.59 Å². The molecule has 0 aliphatic carbocycles. The van der Waals surface area contributed by atoms with Crippen molar-refractivity contribution in [3.05, 3.63) is 150 Å². The van der Waals surface area contributed by atoms with Crippen molar-refractivity contribution < 1.29 is 14.7 Å². The van der Waals surface area contributed by atoms with E-state index >= 15 is 0 Å². The van der Waals surface area contributed by atoms with Gasteiger partial charge in [-0.05, 0) is 83.5 Å². The minimum absolute atomic E-state index is 0.530. The van der Waals surface area contributed by atoms with Crippen molar-refractivity contribution in [2.45, 2.75) is 0 Å². The Kier molecular flexibility index (Phi) is 7.79. The number of benzene rings is 3. The standard InChI is InChI=1S/C42H29N5O3/c48-38(23-24-39(49)50)45-29-13-11-28(12-14-29)42-36-21-19-34(46-36)40(26-7-3-1-4-8-26)32-17-15-30(43-32)25-31-16-18-33(44-31)41(27-9-5-2-6-10-27)35-20-22-37(42)47-35/h1-25,43,47H,(H,45,48)(H,49,50)/b24-23-,30-25?,31-25?,40-32?,40-34?,41-33?,41-35?,42-36?,42-37?. The van der Waals surface area contributed by atoms with Crippen LogP contribution < -0.4 is 5.32 Å². The lowest BCUT2D eigenvalue weighted by Crippen LogP contribution is -2.08. The van der Waals surface area contributed by atoms with Crippen molar-refractivity contribution in [2.24, 2.45) is 0 Å². The Hall–Kier alpha value is -7.06. The first-order valence-corrected chi connectivity index (χ1v) is 16.0. The molecular formula is C42H29N5O3. The molecule has 1 amide bonds. The summed E-state index contributed by atoms with van der Waals surface area (Å²) in [7, 11) is 0. The van der Waals surface area contributed by atoms with E-state index in [4.69, 9.17) is 15.1 Å². The van der Waals surface area contributed by atoms with Gasteiger partial charge in [0, 0.05) is 56.6 Å². The SMILES string of the molecule is O=C(O)/C=C\C(=O)Nc1ccc(-c2c3nc(c(-c4ccccc4)c4ccc(cc5nc(c(-c6ccccc6)c6ccc2[nH]6)C=C5)[nH]4)C=C3)cc1. The highest BCUT2D eigenvalue weighted by molar-refractivity contribution is 6.03. The number of carboxylic acid groups (broad SMARTS) is 1. The van der Waals surface area contributed by atoms with E-state index in [2.05, 4.69) is 69.9 Å². The van der Waals surface area contributed by atoms with E-state index in [1.165, 1.54) is 0 Å². The molecule has 0 saturated heterocycles. The highest BCUT2D eigenvalue weighted by atomic mass is 16.4. The van der Waals surface area contributed by atoms with E-state index in [0.717, 1.165) is 90.4 Å². The van der Waals surface area contributed by atoms with E-state index < -0.39 is 11.9 Å². The van der Waals surface area contributed by atoms with Crippen LogP contribution in [0.15, 0.2) is 127 Å². The van der Waals surface area contributed by atoms with Crippen molar-refractivity contribution in [1.29, 1.82) is 0 Å². The molecule has 2 aliphatic rings. The minimum atomic E-state index is -1.19. The number of carbonyl (C=O) groups is 2. The van der Waals surface area contributed by atoms with Crippen molar-refractivity contribution in [3.8, 4) is 33.4 Å². The van der Waals surface area contributed by atoms with Crippen LogP contribution in [0.4, 0.5) is 5.69 Å². The third-order valence-corrected chi connectivity index (χ3v) is 8.52. The fourth-order valence-corrected chi connectivity index (χ4v) is 6.31. The van der Waals surface area contributed by atoms with Crippen molar-refractivity contribution in [2.75, 3.05) is 5.32 Å². The molecule has 5 heterocycles. The summed E-state index contributed by atoms with van der Waals surface area (Å²) >= 11 is 0. The number of carbonyl (C=O) groups excluding carboxylic acids is 1. The number of hydrogen-bond donors (Lipinski definition) is 4. The summed E-state index contributed by atoms with van der Waals surface area (Å²) in [4.78, 5) is 40.7. The number of carboxylic acids is 1. The van der Waals surface area contributed by atoms with Gasteiger partial charge in [-0.25, -0.2) is 14.8 Å². The number of H-pyrrole nitrogens is 2. The molecule has 6 aromatic rings. The molecule has 0 saturated carbocycles. The van der Waals surface area contributed by atoms with Crippen LogP contribution in [0, 0.1) is 0 Å². The van der Waals surface area contributed by atoms with Gasteiger partial charge in [-0.15, -0.1) is 0 Å². The molecule has 8 bridgehead atoms. The Morgan fingerprint density at radius 2 is 1.08 bits per heavy atom. The fraction of sp³-hybridized carbons (Fsp3) is 0. The van der Waals surface area contributed by atoms with Gasteiger partial charge in [0.15, 0.2) is 0 Å². The number of aliphatic carboxylic acids is 1. The molecule has 2 aliphatic heterocycles. The molecule has 3 aromatic heterocycles. The molecule has 0 unspecified atom stereocenters.